The molecule has 2 aromatic rings. The summed E-state index contributed by atoms with van der Waals surface area (Å²) in [6, 6.07) is 15.7. The Morgan fingerprint density at radius 2 is 1.83 bits per heavy atom. The molecule has 0 radical (unpaired) electrons. The lowest BCUT2D eigenvalue weighted by molar-refractivity contribution is -0.122. The molecule has 2 rings (SSSR count). The summed E-state index contributed by atoms with van der Waals surface area (Å²) in [6.45, 7) is 5.13. The van der Waals surface area contributed by atoms with Gasteiger partial charge in [-0.25, -0.2) is 0 Å². The topological polar surface area (TPSA) is 32.3 Å². The van der Waals surface area contributed by atoms with Gasteiger partial charge in [0.15, 0.2) is 0 Å². The number of rotatable bonds is 6. The van der Waals surface area contributed by atoms with Crippen molar-refractivity contribution < 1.29 is 4.79 Å². The van der Waals surface area contributed by atoms with E-state index in [2.05, 4.69) is 24.4 Å². The number of hydrogen-bond donors (Lipinski definition) is 1. The number of hydrogen-bond acceptors (Lipinski definition) is 2. The summed E-state index contributed by atoms with van der Waals surface area (Å²) in [7, 11) is 1.95. The molecule has 1 N–H and O–H groups in total. The number of carbonyl (C=O) groups is 1. The van der Waals surface area contributed by atoms with E-state index < -0.39 is 0 Å². The summed E-state index contributed by atoms with van der Waals surface area (Å²) in [4.78, 5) is 14.2. The van der Waals surface area contributed by atoms with E-state index in [1.54, 1.807) is 0 Å². The van der Waals surface area contributed by atoms with Gasteiger partial charge in [-0.1, -0.05) is 54.1 Å². The Morgan fingerprint density at radius 3 is 2.52 bits per heavy atom. The standard InChI is InChI=1S/C19H23ClN2O/c1-14-8-4-5-9-16(14)12-22(3)13-19(23)21-15(2)17-10-6-7-11-18(17)20/h4-11,15H,12-13H2,1-3H3,(H,21,23). The zero-order valence-corrected chi connectivity index (χ0v) is 14.6. The SMILES string of the molecule is Cc1ccccc1CN(C)CC(=O)NC(C)c1ccccc1Cl. The normalized spacial score (nSPS) is 12.2. The average molecular weight is 331 g/mol. The smallest absolute Gasteiger partial charge is 0.234 e. The highest BCUT2D eigenvalue weighted by Crippen LogP contribution is 2.22. The van der Waals surface area contributed by atoms with Crippen LogP contribution in [0.3, 0.4) is 0 Å². The molecule has 0 spiro atoms. The molecule has 0 saturated carbocycles. The van der Waals surface area contributed by atoms with Crippen LogP contribution in [0.15, 0.2) is 48.5 Å². The molecule has 0 bridgehead atoms. The number of carbonyl (C=O) groups excluding carboxylic acids is 1. The van der Waals surface area contributed by atoms with E-state index in [1.165, 1.54) is 11.1 Å². The number of aryl methyl sites for hydroxylation is 1. The van der Waals surface area contributed by atoms with E-state index in [1.807, 2.05) is 55.3 Å². The fraction of sp³-hybridized carbons (Fsp3) is 0.316. The highest BCUT2D eigenvalue weighted by molar-refractivity contribution is 6.31. The maximum absolute atomic E-state index is 12.2. The lowest BCUT2D eigenvalue weighted by Gasteiger charge is -2.20. The first-order chi connectivity index (χ1) is 11.0. The predicted molar refractivity (Wildman–Crippen MR) is 95.5 cm³/mol. The van der Waals surface area contributed by atoms with Crippen molar-refractivity contribution in [3.63, 3.8) is 0 Å². The number of halogens is 1. The second-order valence-electron chi connectivity index (χ2n) is 5.91. The third kappa shape index (κ3) is 5.08. The molecule has 2 aromatic carbocycles. The molecule has 1 amide bonds. The van der Waals surface area contributed by atoms with Gasteiger partial charge in [0.25, 0.3) is 0 Å². The minimum absolute atomic E-state index is 0.00601. The minimum atomic E-state index is -0.108. The Balaban J connectivity index is 1.89. The second-order valence-corrected chi connectivity index (χ2v) is 6.32. The van der Waals surface area contributed by atoms with Crippen molar-refractivity contribution in [2.75, 3.05) is 13.6 Å². The highest BCUT2D eigenvalue weighted by atomic mass is 35.5. The average Bonchev–Trinajstić information content (AvgIpc) is 2.49. The fourth-order valence-corrected chi connectivity index (χ4v) is 2.87. The van der Waals surface area contributed by atoms with Gasteiger partial charge in [-0.2, -0.15) is 0 Å². The molecule has 3 nitrogen and oxygen atoms in total. The molecule has 0 aromatic heterocycles. The third-order valence-electron chi connectivity index (χ3n) is 3.86. The first-order valence-corrected chi connectivity index (χ1v) is 8.12. The molecule has 1 atom stereocenters. The lowest BCUT2D eigenvalue weighted by atomic mass is 10.1. The maximum Gasteiger partial charge on any atom is 0.234 e. The maximum atomic E-state index is 12.2. The van der Waals surface area contributed by atoms with Gasteiger partial charge in [0, 0.05) is 11.6 Å². The van der Waals surface area contributed by atoms with E-state index in [-0.39, 0.29) is 11.9 Å². The van der Waals surface area contributed by atoms with Gasteiger partial charge >= 0.3 is 0 Å². The molecule has 0 aliphatic heterocycles. The van der Waals surface area contributed by atoms with Crippen LogP contribution < -0.4 is 5.32 Å². The highest BCUT2D eigenvalue weighted by Gasteiger charge is 2.14. The number of amides is 1. The molecule has 0 heterocycles. The number of benzene rings is 2. The van der Waals surface area contributed by atoms with Crippen LogP contribution in [0.25, 0.3) is 0 Å². The Kier molecular flexibility index (Phi) is 6.20. The second kappa shape index (κ2) is 8.14. The van der Waals surface area contributed by atoms with E-state index in [0.29, 0.717) is 11.6 Å². The van der Waals surface area contributed by atoms with Crippen LogP contribution in [0.4, 0.5) is 0 Å². The van der Waals surface area contributed by atoms with Crippen LogP contribution in [-0.2, 0) is 11.3 Å². The van der Waals surface area contributed by atoms with Crippen LogP contribution in [0.5, 0.6) is 0 Å². The molecule has 0 aliphatic rings. The quantitative estimate of drug-likeness (QED) is 0.869. The number of likely N-dealkylation sites (N-methyl/N-ethyl adjacent to an activating group) is 1. The van der Waals surface area contributed by atoms with Crippen LogP contribution in [0.1, 0.15) is 29.7 Å². The van der Waals surface area contributed by atoms with Gasteiger partial charge < -0.3 is 5.32 Å². The monoisotopic (exact) mass is 330 g/mol. The van der Waals surface area contributed by atoms with Crippen LogP contribution in [-0.4, -0.2) is 24.4 Å². The summed E-state index contributed by atoms with van der Waals surface area (Å²) in [5, 5.41) is 3.68. The number of nitrogens with zero attached hydrogens (tertiary/aromatic N) is 1. The van der Waals surface area contributed by atoms with Crippen molar-refractivity contribution >= 4 is 17.5 Å². The Hall–Kier alpha value is -1.84. The predicted octanol–water partition coefficient (Wildman–Crippen LogP) is 3.96. The summed E-state index contributed by atoms with van der Waals surface area (Å²) in [6.07, 6.45) is 0. The lowest BCUT2D eigenvalue weighted by Crippen LogP contribution is -2.36. The molecular weight excluding hydrogens is 308 g/mol. The summed E-state index contributed by atoms with van der Waals surface area (Å²) in [5.74, 6) is -0.00601. The zero-order chi connectivity index (χ0) is 16.8. The van der Waals surface area contributed by atoms with Crippen molar-refractivity contribution in [1.29, 1.82) is 0 Å². The van der Waals surface area contributed by atoms with E-state index in [9.17, 15) is 4.79 Å². The zero-order valence-electron chi connectivity index (χ0n) is 13.8. The summed E-state index contributed by atoms with van der Waals surface area (Å²) >= 11 is 6.17. The van der Waals surface area contributed by atoms with Gasteiger partial charge in [0.05, 0.1) is 12.6 Å². The number of nitrogens with one attached hydrogen (secondary N) is 1. The fourth-order valence-electron chi connectivity index (χ4n) is 2.57. The first kappa shape index (κ1) is 17.5. The summed E-state index contributed by atoms with van der Waals surface area (Å²) in [5.41, 5.74) is 3.41. The van der Waals surface area contributed by atoms with E-state index in [4.69, 9.17) is 11.6 Å². The minimum Gasteiger partial charge on any atom is -0.348 e. The first-order valence-electron chi connectivity index (χ1n) is 7.74. The van der Waals surface area contributed by atoms with E-state index in [0.717, 1.165) is 12.1 Å². The van der Waals surface area contributed by atoms with E-state index >= 15 is 0 Å². The molecule has 0 saturated heterocycles. The van der Waals surface area contributed by atoms with Gasteiger partial charge in [0.2, 0.25) is 5.91 Å². The van der Waals surface area contributed by atoms with Crippen molar-refractivity contribution in [2.45, 2.75) is 26.4 Å². The molecule has 23 heavy (non-hydrogen) atoms. The Morgan fingerprint density at radius 1 is 1.17 bits per heavy atom. The third-order valence-corrected chi connectivity index (χ3v) is 4.21. The van der Waals surface area contributed by atoms with Crippen LogP contribution in [0, 0.1) is 6.92 Å². The summed E-state index contributed by atoms with van der Waals surface area (Å²) < 4.78 is 0. The largest absolute Gasteiger partial charge is 0.348 e. The van der Waals surface area contributed by atoms with Gasteiger partial charge in [-0.05, 0) is 43.7 Å². The van der Waals surface area contributed by atoms with Crippen molar-refractivity contribution in [3.8, 4) is 0 Å². The van der Waals surface area contributed by atoms with Crippen LogP contribution >= 0.6 is 11.6 Å². The van der Waals surface area contributed by atoms with Gasteiger partial charge in [-0.15, -0.1) is 0 Å². The van der Waals surface area contributed by atoms with Crippen molar-refractivity contribution in [2.24, 2.45) is 0 Å². The van der Waals surface area contributed by atoms with Crippen molar-refractivity contribution in [3.05, 3.63) is 70.2 Å². The van der Waals surface area contributed by atoms with Crippen LogP contribution in [0.2, 0.25) is 5.02 Å². The van der Waals surface area contributed by atoms with Crippen molar-refractivity contribution in [1.82, 2.24) is 10.2 Å². The molecule has 4 heteroatoms. The molecule has 0 aliphatic carbocycles. The van der Waals surface area contributed by atoms with Gasteiger partial charge in [0.1, 0.15) is 0 Å². The Labute approximate surface area is 143 Å². The Bertz CT molecular complexity index is 672. The molecular formula is C19H23ClN2O. The molecule has 0 fully saturated rings. The van der Waals surface area contributed by atoms with Gasteiger partial charge in [-0.3, -0.25) is 9.69 Å². The molecule has 1 unspecified atom stereocenters. The molecule has 122 valence electrons.